The van der Waals surface area contributed by atoms with Crippen LogP contribution in [0.5, 0.6) is 5.75 Å². The third kappa shape index (κ3) is 4.22. The molecule has 0 spiro atoms. The number of nitriles is 1. The standard InChI is InChI=1S/C18H26N2O/c1-14(2)12-20(17-6-4-5-7-17)13-15-8-9-16(11-19)18(10-15)21-3/h8-10,14,17H,4-7,12-13H2,1-3H3. The summed E-state index contributed by atoms with van der Waals surface area (Å²) >= 11 is 0. The molecule has 1 aromatic rings. The van der Waals surface area contributed by atoms with Gasteiger partial charge < -0.3 is 4.74 Å². The molecule has 0 aromatic heterocycles. The van der Waals surface area contributed by atoms with Crippen LogP contribution in [0.4, 0.5) is 0 Å². The Labute approximate surface area is 128 Å². The van der Waals surface area contributed by atoms with Crippen molar-refractivity contribution in [2.75, 3.05) is 13.7 Å². The molecule has 0 radical (unpaired) electrons. The zero-order valence-electron chi connectivity index (χ0n) is 13.4. The Bertz CT molecular complexity index is 498. The summed E-state index contributed by atoms with van der Waals surface area (Å²) in [5.41, 5.74) is 1.84. The van der Waals surface area contributed by atoms with Crippen LogP contribution in [0, 0.1) is 17.2 Å². The van der Waals surface area contributed by atoms with Crippen molar-refractivity contribution < 1.29 is 4.74 Å². The molecule has 0 N–H and O–H groups in total. The van der Waals surface area contributed by atoms with Gasteiger partial charge in [0.25, 0.3) is 0 Å². The average molecular weight is 286 g/mol. The average Bonchev–Trinajstić information content (AvgIpc) is 3.00. The summed E-state index contributed by atoms with van der Waals surface area (Å²) in [6.45, 7) is 6.64. The summed E-state index contributed by atoms with van der Waals surface area (Å²) in [5, 5.41) is 9.07. The molecule has 3 heteroatoms. The monoisotopic (exact) mass is 286 g/mol. The van der Waals surface area contributed by atoms with Gasteiger partial charge in [-0.25, -0.2) is 0 Å². The Hall–Kier alpha value is -1.53. The number of hydrogen-bond donors (Lipinski definition) is 0. The summed E-state index contributed by atoms with van der Waals surface area (Å²) in [6, 6.07) is 8.84. The minimum atomic E-state index is 0.609. The zero-order valence-corrected chi connectivity index (χ0v) is 13.4. The molecule has 1 aromatic carbocycles. The summed E-state index contributed by atoms with van der Waals surface area (Å²) in [5.74, 6) is 1.36. The molecule has 0 heterocycles. The van der Waals surface area contributed by atoms with E-state index in [1.165, 1.54) is 31.2 Å². The second kappa shape index (κ2) is 7.47. The van der Waals surface area contributed by atoms with Crippen molar-refractivity contribution in [2.24, 2.45) is 5.92 Å². The lowest BCUT2D eigenvalue weighted by atomic mass is 10.1. The number of nitrogens with zero attached hydrogens (tertiary/aromatic N) is 2. The molecule has 0 amide bonds. The third-order valence-corrected chi connectivity index (χ3v) is 4.21. The van der Waals surface area contributed by atoms with Gasteiger partial charge in [-0.3, -0.25) is 4.90 Å². The molecular weight excluding hydrogens is 260 g/mol. The minimum absolute atomic E-state index is 0.609. The zero-order chi connectivity index (χ0) is 15.2. The van der Waals surface area contributed by atoms with Crippen molar-refractivity contribution in [2.45, 2.75) is 52.1 Å². The van der Waals surface area contributed by atoms with Gasteiger partial charge in [-0.2, -0.15) is 5.26 Å². The van der Waals surface area contributed by atoms with E-state index in [1.54, 1.807) is 7.11 Å². The summed E-state index contributed by atoms with van der Waals surface area (Å²) in [7, 11) is 1.63. The molecule has 0 unspecified atom stereocenters. The Morgan fingerprint density at radius 1 is 1.33 bits per heavy atom. The first-order valence-electron chi connectivity index (χ1n) is 7.95. The Balaban J connectivity index is 2.14. The van der Waals surface area contributed by atoms with E-state index in [1.807, 2.05) is 12.1 Å². The van der Waals surface area contributed by atoms with Crippen LogP contribution in [0.3, 0.4) is 0 Å². The van der Waals surface area contributed by atoms with Gasteiger partial charge in [-0.15, -0.1) is 0 Å². The fraction of sp³-hybridized carbons (Fsp3) is 0.611. The smallest absolute Gasteiger partial charge is 0.136 e. The lowest BCUT2D eigenvalue weighted by molar-refractivity contribution is 0.168. The number of hydrogen-bond acceptors (Lipinski definition) is 3. The van der Waals surface area contributed by atoms with Crippen molar-refractivity contribution in [1.29, 1.82) is 5.26 Å². The van der Waals surface area contributed by atoms with E-state index in [9.17, 15) is 0 Å². The molecule has 1 fully saturated rings. The number of benzene rings is 1. The quantitative estimate of drug-likeness (QED) is 0.794. The van der Waals surface area contributed by atoms with Crippen LogP contribution in [-0.2, 0) is 6.54 Å². The summed E-state index contributed by atoms with van der Waals surface area (Å²) in [6.07, 6.45) is 5.35. The highest BCUT2D eigenvalue weighted by Crippen LogP contribution is 2.27. The van der Waals surface area contributed by atoms with E-state index < -0.39 is 0 Å². The van der Waals surface area contributed by atoms with Crippen molar-refractivity contribution >= 4 is 0 Å². The highest BCUT2D eigenvalue weighted by Gasteiger charge is 2.23. The van der Waals surface area contributed by atoms with Crippen LogP contribution in [0.1, 0.15) is 50.7 Å². The van der Waals surface area contributed by atoms with Crippen molar-refractivity contribution in [3.63, 3.8) is 0 Å². The molecular formula is C18H26N2O. The van der Waals surface area contributed by atoms with Gasteiger partial charge in [0, 0.05) is 19.1 Å². The fourth-order valence-electron chi connectivity index (χ4n) is 3.24. The summed E-state index contributed by atoms with van der Waals surface area (Å²) in [4.78, 5) is 2.61. The van der Waals surface area contributed by atoms with Gasteiger partial charge in [0.05, 0.1) is 12.7 Å². The van der Waals surface area contributed by atoms with Gasteiger partial charge in [0.15, 0.2) is 0 Å². The molecule has 2 rings (SSSR count). The third-order valence-electron chi connectivity index (χ3n) is 4.21. The van der Waals surface area contributed by atoms with Gasteiger partial charge in [0.1, 0.15) is 11.8 Å². The second-order valence-electron chi connectivity index (χ2n) is 6.41. The lowest BCUT2D eigenvalue weighted by Gasteiger charge is -2.30. The molecule has 21 heavy (non-hydrogen) atoms. The molecule has 3 nitrogen and oxygen atoms in total. The van der Waals surface area contributed by atoms with Gasteiger partial charge in [0.2, 0.25) is 0 Å². The van der Waals surface area contributed by atoms with Crippen LogP contribution in [-0.4, -0.2) is 24.6 Å². The molecule has 0 bridgehead atoms. The molecule has 1 aliphatic carbocycles. The van der Waals surface area contributed by atoms with E-state index in [0.717, 1.165) is 13.1 Å². The predicted octanol–water partition coefficient (Wildman–Crippen LogP) is 3.97. The maximum absolute atomic E-state index is 9.07. The van der Waals surface area contributed by atoms with E-state index in [-0.39, 0.29) is 0 Å². The van der Waals surface area contributed by atoms with Gasteiger partial charge in [-0.05, 0) is 36.5 Å². The fourth-order valence-corrected chi connectivity index (χ4v) is 3.24. The van der Waals surface area contributed by atoms with E-state index in [0.29, 0.717) is 23.3 Å². The second-order valence-corrected chi connectivity index (χ2v) is 6.41. The molecule has 0 saturated heterocycles. The number of rotatable bonds is 6. The normalized spacial score (nSPS) is 15.6. The van der Waals surface area contributed by atoms with Crippen LogP contribution < -0.4 is 4.74 Å². The van der Waals surface area contributed by atoms with E-state index in [2.05, 4.69) is 30.9 Å². The first-order valence-corrected chi connectivity index (χ1v) is 7.95. The Kier molecular flexibility index (Phi) is 5.64. The molecule has 0 aliphatic heterocycles. The summed E-state index contributed by atoms with van der Waals surface area (Å²) < 4.78 is 5.32. The largest absolute Gasteiger partial charge is 0.495 e. The van der Waals surface area contributed by atoms with Crippen LogP contribution >= 0.6 is 0 Å². The number of methoxy groups -OCH3 is 1. The van der Waals surface area contributed by atoms with Gasteiger partial charge >= 0.3 is 0 Å². The lowest BCUT2D eigenvalue weighted by Crippen LogP contribution is -2.35. The first-order chi connectivity index (χ1) is 10.1. The van der Waals surface area contributed by atoms with Crippen LogP contribution in [0.25, 0.3) is 0 Å². The number of ether oxygens (including phenoxy) is 1. The SMILES string of the molecule is COc1cc(CN(CC(C)C)C2CCCC2)ccc1C#N. The van der Waals surface area contributed by atoms with E-state index in [4.69, 9.17) is 10.00 Å². The highest BCUT2D eigenvalue weighted by molar-refractivity contribution is 5.45. The maximum Gasteiger partial charge on any atom is 0.136 e. The van der Waals surface area contributed by atoms with Crippen molar-refractivity contribution in [3.8, 4) is 11.8 Å². The minimum Gasteiger partial charge on any atom is -0.495 e. The Morgan fingerprint density at radius 3 is 2.62 bits per heavy atom. The molecule has 0 atom stereocenters. The van der Waals surface area contributed by atoms with Crippen LogP contribution in [0.15, 0.2) is 18.2 Å². The topological polar surface area (TPSA) is 36.3 Å². The van der Waals surface area contributed by atoms with Crippen molar-refractivity contribution in [3.05, 3.63) is 29.3 Å². The first kappa shape index (κ1) is 15.9. The Morgan fingerprint density at radius 2 is 2.05 bits per heavy atom. The predicted molar refractivity (Wildman–Crippen MR) is 85.2 cm³/mol. The van der Waals surface area contributed by atoms with Crippen molar-refractivity contribution in [1.82, 2.24) is 4.90 Å². The molecule has 114 valence electrons. The maximum atomic E-state index is 9.07. The molecule has 1 saturated carbocycles. The van der Waals surface area contributed by atoms with Gasteiger partial charge in [-0.1, -0.05) is 32.8 Å². The highest BCUT2D eigenvalue weighted by atomic mass is 16.5. The molecule has 1 aliphatic rings. The van der Waals surface area contributed by atoms with E-state index >= 15 is 0 Å². The van der Waals surface area contributed by atoms with Crippen LogP contribution in [0.2, 0.25) is 0 Å².